The third-order valence-electron chi connectivity index (χ3n) is 3.90. The first-order chi connectivity index (χ1) is 9.20. The van der Waals surface area contributed by atoms with Crippen molar-refractivity contribution in [2.24, 2.45) is 5.73 Å². The molecule has 0 fully saturated rings. The highest BCUT2D eigenvalue weighted by Gasteiger charge is 2.13. The molecule has 0 saturated carbocycles. The van der Waals surface area contributed by atoms with E-state index in [1.807, 2.05) is 0 Å². The summed E-state index contributed by atoms with van der Waals surface area (Å²) in [6, 6.07) is 6.33. The van der Waals surface area contributed by atoms with Crippen LogP contribution in [-0.4, -0.2) is 19.1 Å². The van der Waals surface area contributed by atoms with Crippen molar-refractivity contribution >= 4 is 5.97 Å². The lowest BCUT2D eigenvalue weighted by Gasteiger charge is -2.16. The number of nitrogens with two attached hydrogens (primary N) is 1. The van der Waals surface area contributed by atoms with Gasteiger partial charge < -0.3 is 10.5 Å². The SMILES string of the molecule is COC(=O)C(N)CCCc1ccc2c(c1)CCCC2. The number of carbonyl (C=O) groups is 1. The van der Waals surface area contributed by atoms with Crippen molar-refractivity contribution in [1.82, 2.24) is 0 Å². The molecule has 3 heteroatoms. The molecule has 1 unspecified atom stereocenters. The summed E-state index contributed by atoms with van der Waals surface area (Å²) in [6.07, 6.45) is 7.66. The first-order valence-electron chi connectivity index (χ1n) is 7.15. The fraction of sp³-hybridized carbons (Fsp3) is 0.562. The van der Waals surface area contributed by atoms with E-state index in [4.69, 9.17) is 5.73 Å². The van der Waals surface area contributed by atoms with Gasteiger partial charge in [-0.15, -0.1) is 0 Å². The van der Waals surface area contributed by atoms with Crippen LogP contribution in [0.25, 0.3) is 0 Å². The number of methoxy groups -OCH3 is 1. The number of hydrogen-bond donors (Lipinski definition) is 1. The van der Waals surface area contributed by atoms with E-state index in [0.29, 0.717) is 6.42 Å². The van der Waals surface area contributed by atoms with Crippen LogP contribution in [-0.2, 0) is 28.8 Å². The maximum Gasteiger partial charge on any atom is 0.322 e. The van der Waals surface area contributed by atoms with Gasteiger partial charge in [-0.05, 0) is 61.6 Å². The zero-order chi connectivity index (χ0) is 13.7. The second kappa shape index (κ2) is 6.71. The fourth-order valence-electron chi connectivity index (χ4n) is 2.74. The van der Waals surface area contributed by atoms with E-state index < -0.39 is 6.04 Å². The van der Waals surface area contributed by atoms with Gasteiger partial charge in [0.25, 0.3) is 0 Å². The Bertz CT molecular complexity index is 442. The number of fused-ring (bicyclic) bond motifs is 1. The maximum atomic E-state index is 11.2. The number of esters is 1. The largest absolute Gasteiger partial charge is 0.468 e. The van der Waals surface area contributed by atoms with E-state index in [2.05, 4.69) is 22.9 Å². The van der Waals surface area contributed by atoms with Gasteiger partial charge in [0.2, 0.25) is 0 Å². The third-order valence-corrected chi connectivity index (χ3v) is 3.90. The van der Waals surface area contributed by atoms with Crippen molar-refractivity contribution in [3.05, 3.63) is 34.9 Å². The smallest absolute Gasteiger partial charge is 0.322 e. The summed E-state index contributed by atoms with van der Waals surface area (Å²) in [5.74, 6) is -0.314. The standard InChI is InChI=1S/C16H23NO2/c1-19-16(18)15(17)8-4-5-12-9-10-13-6-2-3-7-14(13)11-12/h9-11,15H,2-8,17H2,1H3. The Morgan fingerprint density at radius 3 is 2.79 bits per heavy atom. The molecule has 0 aliphatic heterocycles. The first kappa shape index (κ1) is 14.1. The molecule has 0 bridgehead atoms. The quantitative estimate of drug-likeness (QED) is 0.828. The minimum atomic E-state index is -0.484. The predicted molar refractivity (Wildman–Crippen MR) is 76.0 cm³/mol. The summed E-state index contributed by atoms with van der Waals surface area (Å²) in [5.41, 5.74) is 10.1. The molecule has 2 N–H and O–H groups in total. The van der Waals surface area contributed by atoms with Gasteiger partial charge >= 0.3 is 5.97 Å². The van der Waals surface area contributed by atoms with Crippen LogP contribution in [0.2, 0.25) is 0 Å². The highest BCUT2D eigenvalue weighted by molar-refractivity contribution is 5.75. The van der Waals surface area contributed by atoms with Gasteiger partial charge in [0.15, 0.2) is 0 Å². The van der Waals surface area contributed by atoms with Crippen LogP contribution in [0.3, 0.4) is 0 Å². The summed E-state index contributed by atoms with van der Waals surface area (Å²) in [5, 5.41) is 0. The van der Waals surface area contributed by atoms with E-state index >= 15 is 0 Å². The molecule has 19 heavy (non-hydrogen) atoms. The van der Waals surface area contributed by atoms with Crippen LogP contribution < -0.4 is 5.73 Å². The average Bonchev–Trinajstić information content (AvgIpc) is 2.46. The molecular formula is C16H23NO2. The van der Waals surface area contributed by atoms with Crippen LogP contribution in [0.4, 0.5) is 0 Å². The molecule has 1 atom stereocenters. The molecule has 0 aromatic heterocycles. The number of hydrogen-bond acceptors (Lipinski definition) is 3. The number of ether oxygens (including phenoxy) is 1. The minimum absolute atomic E-state index is 0.314. The lowest BCUT2D eigenvalue weighted by molar-refractivity contribution is -0.142. The van der Waals surface area contributed by atoms with E-state index in [1.54, 1.807) is 0 Å². The van der Waals surface area contributed by atoms with Gasteiger partial charge in [0, 0.05) is 0 Å². The number of aryl methyl sites for hydroxylation is 3. The molecule has 0 saturated heterocycles. The summed E-state index contributed by atoms with van der Waals surface area (Å²) in [6.45, 7) is 0. The van der Waals surface area contributed by atoms with Gasteiger partial charge in [-0.3, -0.25) is 4.79 Å². The minimum Gasteiger partial charge on any atom is -0.468 e. The molecule has 0 spiro atoms. The van der Waals surface area contributed by atoms with Crippen molar-refractivity contribution in [3.8, 4) is 0 Å². The first-order valence-corrected chi connectivity index (χ1v) is 7.15. The molecule has 2 rings (SSSR count). The maximum absolute atomic E-state index is 11.2. The predicted octanol–water partition coefficient (Wildman–Crippen LogP) is 2.39. The monoisotopic (exact) mass is 261 g/mol. The van der Waals surface area contributed by atoms with Crippen molar-refractivity contribution in [2.75, 3.05) is 7.11 Å². The highest BCUT2D eigenvalue weighted by atomic mass is 16.5. The lowest BCUT2D eigenvalue weighted by Crippen LogP contribution is -2.31. The van der Waals surface area contributed by atoms with Crippen LogP contribution in [0.1, 0.15) is 42.4 Å². The zero-order valence-corrected chi connectivity index (χ0v) is 11.7. The lowest BCUT2D eigenvalue weighted by atomic mass is 9.89. The Balaban J connectivity index is 1.85. The van der Waals surface area contributed by atoms with E-state index in [9.17, 15) is 4.79 Å². The highest BCUT2D eigenvalue weighted by Crippen LogP contribution is 2.22. The van der Waals surface area contributed by atoms with Crippen LogP contribution in [0.5, 0.6) is 0 Å². The van der Waals surface area contributed by atoms with E-state index in [1.165, 1.54) is 49.5 Å². The van der Waals surface area contributed by atoms with Crippen LogP contribution in [0.15, 0.2) is 18.2 Å². The Labute approximate surface area is 115 Å². The molecule has 0 amide bonds. The Hall–Kier alpha value is -1.35. The molecule has 0 heterocycles. The normalized spacial score (nSPS) is 15.7. The van der Waals surface area contributed by atoms with E-state index in [-0.39, 0.29) is 5.97 Å². The third kappa shape index (κ3) is 3.80. The summed E-state index contributed by atoms with van der Waals surface area (Å²) in [7, 11) is 1.38. The fourth-order valence-corrected chi connectivity index (χ4v) is 2.74. The Morgan fingerprint density at radius 2 is 2.05 bits per heavy atom. The average molecular weight is 261 g/mol. The number of rotatable bonds is 5. The summed E-state index contributed by atoms with van der Waals surface area (Å²) in [4.78, 5) is 11.2. The van der Waals surface area contributed by atoms with Crippen molar-refractivity contribution in [2.45, 2.75) is 51.0 Å². The van der Waals surface area contributed by atoms with Crippen LogP contribution in [0, 0.1) is 0 Å². The van der Waals surface area contributed by atoms with Crippen molar-refractivity contribution in [1.29, 1.82) is 0 Å². The summed E-state index contributed by atoms with van der Waals surface area (Å²) < 4.78 is 4.63. The molecule has 1 aliphatic rings. The van der Waals surface area contributed by atoms with Gasteiger partial charge in [-0.1, -0.05) is 18.2 Å². The van der Waals surface area contributed by atoms with Crippen molar-refractivity contribution < 1.29 is 9.53 Å². The topological polar surface area (TPSA) is 52.3 Å². The summed E-state index contributed by atoms with van der Waals surface area (Å²) >= 11 is 0. The Kier molecular flexibility index (Phi) is 4.97. The Morgan fingerprint density at radius 1 is 1.32 bits per heavy atom. The van der Waals surface area contributed by atoms with Crippen LogP contribution >= 0.6 is 0 Å². The molecule has 3 nitrogen and oxygen atoms in total. The van der Waals surface area contributed by atoms with Gasteiger partial charge in [-0.25, -0.2) is 0 Å². The molecule has 1 aliphatic carbocycles. The van der Waals surface area contributed by atoms with Gasteiger partial charge in [0.05, 0.1) is 7.11 Å². The molecule has 1 aromatic rings. The molecule has 104 valence electrons. The second-order valence-corrected chi connectivity index (χ2v) is 5.33. The zero-order valence-electron chi connectivity index (χ0n) is 11.7. The second-order valence-electron chi connectivity index (χ2n) is 5.33. The molecular weight excluding hydrogens is 238 g/mol. The number of carbonyl (C=O) groups excluding carboxylic acids is 1. The van der Waals surface area contributed by atoms with E-state index in [0.717, 1.165) is 12.8 Å². The molecule has 1 aromatic carbocycles. The van der Waals surface area contributed by atoms with Gasteiger partial charge in [0.1, 0.15) is 6.04 Å². The van der Waals surface area contributed by atoms with Gasteiger partial charge in [-0.2, -0.15) is 0 Å². The molecule has 0 radical (unpaired) electrons. The number of benzene rings is 1. The van der Waals surface area contributed by atoms with Crippen molar-refractivity contribution in [3.63, 3.8) is 0 Å².